The lowest BCUT2D eigenvalue weighted by atomic mass is 9.81. The third-order valence-electron chi connectivity index (χ3n) is 25.6. The largest absolute Gasteiger partial charge is 0.481 e. The molecule has 2 aliphatic carbocycles. The van der Waals surface area contributed by atoms with Gasteiger partial charge < -0.3 is 122 Å². The molecule has 10 amide bonds. The Morgan fingerprint density at radius 1 is 0.245 bits per heavy atom. The van der Waals surface area contributed by atoms with Crippen molar-refractivity contribution in [3.63, 3.8) is 0 Å². The monoisotopic (exact) mass is 2060 g/mol. The van der Waals surface area contributed by atoms with Crippen LogP contribution in [0.5, 0.6) is 0 Å². The van der Waals surface area contributed by atoms with E-state index in [9.17, 15) is 87.2 Å². The number of thiol groups is 1. The summed E-state index contributed by atoms with van der Waals surface area (Å²) < 4.78 is 46.2. The van der Waals surface area contributed by atoms with Gasteiger partial charge in [0.1, 0.15) is 44.6 Å². The highest BCUT2D eigenvalue weighted by atomic mass is 32.1. The number of hydrogen-bond acceptors (Lipinski definition) is 26. The van der Waals surface area contributed by atoms with Gasteiger partial charge in [0, 0.05) is 109 Å². The summed E-state index contributed by atoms with van der Waals surface area (Å²) in [6, 6.07) is -3.51. The van der Waals surface area contributed by atoms with Gasteiger partial charge in [0.05, 0.1) is 79.3 Å². The molecular weight excluding hydrogens is 1870 g/mol. The average Bonchev–Trinajstić information content (AvgIpc) is 0.871. The molecule has 4 atom stereocenters. The molecule has 0 aromatic heterocycles. The highest BCUT2D eigenvalue weighted by Crippen LogP contribution is 2.31. The molecule has 2 saturated carbocycles. The number of ether oxygens (including phenoxy) is 8. The summed E-state index contributed by atoms with van der Waals surface area (Å²) in [7, 11) is 0. The van der Waals surface area contributed by atoms with Crippen LogP contribution in [0.4, 0.5) is 0 Å². The predicted molar refractivity (Wildman–Crippen MR) is 544 cm³/mol. The van der Waals surface area contributed by atoms with Gasteiger partial charge in [0.2, 0.25) is 59.1 Å². The molecular formula is C102H184N12O28S. The van der Waals surface area contributed by atoms with Gasteiger partial charge in [-0.05, 0) is 140 Å². The number of aliphatic carboxylic acids is 5. The summed E-state index contributed by atoms with van der Waals surface area (Å²) in [4.78, 5) is 183. The minimum absolute atomic E-state index is 0.0499. The number of rotatable bonds is 101. The molecule has 4 unspecified atom stereocenters. The van der Waals surface area contributed by atoms with Crippen molar-refractivity contribution in [3.8, 4) is 0 Å². The fraction of sp³-hybridized carbons (Fsp3) is 0.853. The zero-order valence-electron chi connectivity index (χ0n) is 86.1. The molecule has 2 aliphatic rings. The molecule has 2 rings (SSSR count). The lowest BCUT2D eigenvalue weighted by Gasteiger charge is -2.28. The Bertz CT molecular complexity index is 3380. The second kappa shape index (κ2) is 92.6. The van der Waals surface area contributed by atoms with Crippen LogP contribution in [0.25, 0.3) is 0 Å². The first-order valence-electron chi connectivity index (χ1n) is 54.0. The van der Waals surface area contributed by atoms with Crippen LogP contribution in [-0.2, 0) is 110 Å². The maximum atomic E-state index is 13.1. The minimum Gasteiger partial charge on any atom is -0.481 e. The van der Waals surface area contributed by atoms with E-state index >= 15 is 0 Å². The van der Waals surface area contributed by atoms with E-state index in [-0.39, 0.29) is 247 Å². The predicted octanol–water partition coefficient (Wildman–Crippen LogP) is 9.76. The Morgan fingerprint density at radius 3 is 0.832 bits per heavy atom. The van der Waals surface area contributed by atoms with Crippen LogP contribution >= 0.6 is 12.8 Å². The van der Waals surface area contributed by atoms with Gasteiger partial charge in [-0.25, -0.2) is 9.59 Å². The van der Waals surface area contributed by atoms with E-state index < -0.39 is 59.8 Å². The molecule has 0 saturated heterocycles. The van der Waals surface area contributed by atoms with E-state index in [1.807, 2.05) is 0 Å². The first kappa shape index (κ1) is 131. The number of hydrogen-bond donors (Lipinski definition) is 18. The Labute approximate surface area is 855 Å². The van der Waals surface area contributed by atoms with Crippen LogP contribution in [0.15, 0.2) is 0 Å². The van der Waals surface area contributed by atoms with Crippen molar-refractivity contribution in [2.24, 2.45) is 23.7 Å². The summed E-state index contributed by atoms with van der Waals surface area (Å²) in [5.74, 6) is -7.85. The summed E-state index contributed by atoms with van der Waals surface area (Å²) in [5, 5.41) is 77.6. The van der Waals surface area contributed by atoms with Crippen LogP contribution in [0.2, 0.25) is 0 Å². The number of unbranched alkanes of at least 4 members (excludes halogenated alkanes) is 32. The van der Waals surface area contributed by atoms with Crippen molar-refractivity contribution in [2.75, 3.05) is 165 Å². The van der Waals surface area contributed by atoms with Crippen molar-refractivity contribution in [3.05, 3.63) is 0 Å². The van der Waals surface area contributed by atoms with Crippen molar-refractivity contribution < 1.29 is 135 Å². The van der Waals surface area contributed by atoms with E-state index in [1.165, 1.54) is 128 Å². The van der Waals surface area contributed by atoms with E-state index in [0.717, 1.165) is 103 Å². The van der Waals surface area contributed by atoms with Gasteiger partial charge in [-0.1, -0.05) is 199 Å². The molecule has 0 heterocycles. The first-order valence-corrected chi connectivity index (χ1v) is 54.4. The van der Waals surface area contributed by atoms with Crippen LogP contribution in [0.1, 0.15) is 347 Å². The van der Waals surface area contributed by atoms with E-state index in [0.29, 0.717) is 110 Å². The number of amides is 10. The number of nitrogens with one attached hydrogen (secondary N) is 12. The molecule has 826 valence electrons. The smallest absolute Gasteiger partial charge is 0.326 e. The fourth-order valence-electron chi connectivity index (χ4n) is 16.9. The van der Waals surface area contributed by atoms with Gasteiger partial charge in [-0.15, -0.1) is 0 Å². The Balaban J connectivity index is 1.45. The van der Waals surface area contributed by atoms with Crippen LogP contribution in [-0.4, -0.2) is 303 Å². The number of carboxylic acids is 5. The molecule has 41 heteroatoms. The summed E-state index contributed by atoms with van der Waals surface area (Å²) in [6.45, 7) is 4.00. The zero-order valence-corrected chi connectivity index (χ0v) is 86.9. The molecule has 0 radical (unpaired) electrons. The van der Waals surface area contributed by atoms with Gasteiger partial charge in [-0.3, -0.25) is 67.1 Å². The topological polar surface area (TPSA) is 575 Å². The number of carbonyl (C=O) groups excluding carboxylic acids is 10. The SMILES string of the molecule is O=C(O)CCCCCCCCCCCCCCCCCCC(=O)NCC1CCC(C(=O)NC(CCC(=O)NCCOCCOCC(=O)NCCOCCOCC(=O)NCCCCC(CNCCCCC(NS)C(=O)O)NC(=O)COCCOCCNC(=O)COCCOCCNC(=O)CCC(NC(=O)C2CCC(CNC(=O)CCCCCCCCCCCCCCCCCCC(=O)O)CC2)C(=O)O)C(=O)O)CC1. The molecule has 2 fully saturated rings. The van der Waals surface area contributed by atoms with E-state index in [2.05, 4.69) is 76.0 Å². The average molecular weight is 2060 g/mol. The lowest BCUT2D eigenvalue weighted by Crippen LogP contribution is -2.45. The van der Waals surface area contributed by atoms with Crippen LogP contribution < -0.4 is 63.2 Å². The number of carbonyl (C=O) groups is 15. The molecule has 40 nitrogen and oxygen atoms in total. The highest BCUT2D eigenvalue weighted by molar-refractivity contribution is 7.78. The molecule has 0 aromatic carbocycles. The first-order chi connectivity index (χ1) is 69.3. The molecule has 143 heavy (non-hydrogen) atoms. The van der Waals surface area contributed by atoms with E-state index in [1.54, 1.807) is 0 Å². The van der Waals surface area contributed by atoms with Gasteiger partial charge in [0.15, 0.2) is 0 Å². The van der Waals surface area contributed by atoms with Gasteiger partial charge in [-0.2, -0.15) is 0 Å². The maximum absolute atomic E-state index is 13.1. The number of carboxylic acid groups (broad SMARTS) is 5. The van der Waals surface area contributed by atoms with Gasteiger partial charge in [0.25, 0.3) is 0 Å². The third kappa shape index (κ3) is 81.7. The highest BCUT2D eigenvalue weighted by Gasteiger charge is 2.33. The second-order valence-electron chi connectivity index (χ2n) is 37.9. The summed E-state index contributed by atoms with van der Waals surface area (Å²) >= 11 is 3.90. The lowest BCUT2D eigenvalue weighted by molar-refractivity contribution is -0.143. The van der Waals surface area contributed by atoms with Crippen molar-refractivity contribution in [1.82, 2.24) is 63.2 Å². The van der Waals surface area contributed by atoms with Crippen LogP contribution in [0.3, 0.4) is 0 Å². The maximum Gasteiger partial charge on any atom is 0.326 e. The van der Waals surface area contributed by atoms with Crippen LogP contribution in [0, 0.1) is 23.7 Å². The Kier molecular flexibility index (Phi) is 84.9. The molecule has 0 aromatic rings. The quantitative estimate of drug-likeness (QED) is 0.0199. The molecule has 0 spiro atoms. The summed E-state index contributed by atoms with van der Waals surface area (Å²) in [6.07, 6.45) is 46.9. The normalized spacial score (nSPS) is 15.4. The summed E-state index contributed by atoms with van der Waals surface area (Å²) in [5.41, 5.74) is 0. The van der Waals surface area contributed by atoms with Gasteiger partial charge >= 0.3 is 29.8 Å². The Morgan fingerprint density at radius 2 is 0.517 bits per heavy atom. The molecule has 0 bridgehead atoms. The molecule has 0 aliphatic heterocycles. The van der Waals surface area contributed by atoms with Crippen molar-refractivity contribution in [1.29, 1.82) is 0 Å². The standard InChI is InChI=1S/C102H184N12O28S/c115-88(39-29-25-21-17-13-9-5-1-3-7-11-15-19-23-27-31-41-96(123)124)109-73-80-43-47-82(48-44-80)98(127)112-85(100(129)130)51-53-90(117)105-57-61-135-65-70-140-77-93(120)107-59-63-137-67-69-139-76-92(119)104-56-36-33-37-84(75-103-55-35-34-38-87(114-143)102(133)134)111-95(122)79-142-72-68-138-64-60-108-94(121)78-141-71-66-136-62-58-106-91(118)54-52-86(101(131)132)113-99(128)83-49-45-81(46-50-83)74-110-89(116)40-30-26-22-18-14-10-6-2-4-8-12-16-20-24-28-32-42-97(125)126/h80-87,103,114,143H,1-79H2,(H,104,119)(H,105,117)(H,106,118)(H,107,120)(H,108,121)(H,109,115)(H,110,116)(H,111,122)(H,112,127)(H,113,128)(H,123,124)(H,125,126)(H,129,130)(H,131,132)(H,133,134). The minimum atomic E-state index is -1.23. The zero-order chi connectivity index (χ0) is 104. The van der Waals surface area contributed by atoms with E-state index in [4.69, 9.17) is 48.1 Å². The molecule has 17 N–H and O–H groups in total. The third-order valence-corrected chi connectivity index (χ3v) is 25.9. The second-order valence-corrected chi connectivity index (χ2v) is 38.2. The Hall–Kier alpha value is -8.00. The fourth-order valence-corrected chi connectivity index (χ4v) is 17.2. The van der Waals surface area contributed by atoms with Crippen molar-refractivity contribution in [2.45, 2.75) is 371 Å². The van der Waals surface area contributed by atoms with Crippen molar-refractivity contribution >= 4 is 102 Å².